The molecule has 0 atom stereocenters. The Morgan fingerprint density at radius 3 is 2.15 bits per heavy atom. The van der Waals surface area contributed by atoms with Crippen molar-refractivity contribution in [3.63, 3.8) is 0 Å². The minimum absolute atomic E-state index is 0.692. The van der Waals surface area contributed by atoms with E-state index in [1.165, 1.54) is 48.8 Å². The molecule has 2 aromatic rings. The van der Waals surface area contributed by atoms with Crippen LogP contribution in [0.1, 0.15) is 74.1 Å². The maximum Gasteiger partial charge on any atom is 0.0249 e. The first-order chi connectivity index (χ1) is 13.3. The lowest BCUT2D eigenvalue weighted by Gasteiger charge is -2.27. The largest absolute Gasteiger partial charge is 0.0730 e. The number of hydrogen-bond acceptors (Lipinski definition) is 0. The maximum atomic E-state index is 3.26. The number of hydrogen-bond donors (Lipinski definition) is 0. The average Bonchev–Trinajstić information content (AvgIpc) is 2.73. The molecule has 1 saturated carbocycles. The molecule has 0 aromatic heterocycles. The third-order valence-electron chi connectivity index (χ3n) is 5.79. The van der Waals surface area contributed by atoms with E-state index in [0.29, 0.717) is 5.92 Å². The van der Waals surface area contributed by atoms with Crippen molar-refractivity contribution in [2.45, 2.75) is 64.7 Å². The zero-order chi connectivity index (χ0) is 18.9. The van der Waals surface area contributed by atoms with Crippen molar-refractivity contribution in [1.82, 2.24) is 0 Å². The van der Waals surface area contributed by atoms with E-state index in [1.54, 1.807) is 0 Å². The first-order valence-electron chi connectivity index (χ1n) is 10.6. The summed E-state index contributed by atoms with van der Waals surface area (Å²) in [7, 11) is 0. The van der Waals surface area contributed by atoms with Gasteiger partial charge in [0.05, 0.1) is 0 Å². The number of allylic oxidation sites excluding steroid dienone is 2. The van der Waals surface area contributed by atoms with Gasteiger partial charge in [-0.3, -0.25) is 0 Å². The van der Waals surface area contributed by atoms with Gasteiger partial charge in [-0.1, -0.05) is 74.6 Å². The molecule has 0 heterocycles. The molecule has 2 aromatic carbocycles. The van der Waals surface area contributed by atoms with Gasteiger partial charge in [-0.25, -0.2) is 0 Å². The van der Waals surface area contributed by atoms with Crippen molar-refractivity contribution in [3.8, 4) is 11.8 Å². The summed E-state index contributed by atoms with van der Waals surface area (Å²) in [5, 5.41) is 0. The molecule has 1 fully saturated rings. The van der Waals surface area contributed by atoms with Crippen molar-refractivity contribution in [2.75, 3.05) is 0 Å². The van der Waals surface area contributed by atoms with E-state index in [0.717, 1.165) is 24.3 Å². The van der Waals surface area contributed by atoms with Crippen LogP contribution in [0.4, 0.5) is 0 Å². The topological polar surface area (TPSA) is 0 Å². The molecule has 27 heavy (non-hydrogen) atoms. The molecule has 0 heteroatoms. The van der Waals surface area contributed by atoms with Crippen molar-refractivity contribution >= 4 is 0 Å². The van der Waals surface area contributed by atoms with E-state index in [-0.39, 0.29) is 0 Å². The fourth-order valence-electron chi connectivity index (χ4n) is 4.02. The van der Waals surface area contributed by atoms with Gasteiger partial charge in [0.25, 0.3) is 0 Å². The monoisotopic (exact) mass is 356 g/mol. The lowest BCUT2D eigenvalue weighted by molar-refractivity contribution is 0.376. The van der Waals surface area contributed by atoms with Crippen LogP contribution in [0.15, 0.2) is 60.7 Å². The SMILES string of the molecule is CCCc1ccc(C#CC=C[C@H]2CC[C@H](c3ccc(CC)cc3)CC2)cc1. The lowest BCUT2D eigenvalue weighted by Crippen LogP contribution is -2.11. The van der Waals surface area contributed by atoms with Crippen molar-refractivity contribution in [2.24, 2.45) is 5.92 Å². The van der Waals surface area contributed by atoms with Gasteiger partial charge < -0.3 is 0 Å². The fraction of sp³-hybridized carbons (Fsp3) is 0.407. The molecule has 0 N–H and O–H groups in total. The molecule has 0 spiro atoms. The van der Waals surface area contributed by atoms with Crippen LogP contribution in [0.25, 0.3) is 0 Å². The number of rotatable bonds is 5. The van der Waals surface area contributed by atoms with E-state index in [4.69, 9.17) is 0 Å². The second-order valence-corrected chi connectivity index (χ2v) is 7.78. The molecule has 1 aliphatic carbocycles. The zero-order valence-electron chi connectivity index (χ0n) is 16.9. The van der Waals surface area contributed by atoms with Crippen LogP contribution >= 0.6 is 0 Å². The summed E-state index contributed by atoms with van der Waals surface area (Å²) in [6, 6.07) is 18.0. The third-order valence-corrected chi connectivity index (χ3v) is 5.79. The highest BCUT2D eigenvalue weighted by Gasteiger charge is 2.20. The first-order valence-corrected chi connectivity index (χ1v) is 10.6. The highest BCUT2D eigenvalue weighted by molar-refractivity contribution is 5.38. The van der Waals surface area contributed by atoms with Crippen LogP contribution in [-0.2, 0) is 12.8 Å². The standard InChI is InChI=1S/C27H32/c1-3-7-23-10-12-24(13-11-23)8-5-6-9-25-16-20-27(21-17-25)26-18-14-22(4-2)15-19-26/h6,9-15,18-19,25,27H,3-4,7,16-17,20-21H2,1-2H3/t25-,27-. The van der Waals surface area contributed by atoms with Crippen molar-refractivity contribution < 1.29 is 0 Å². The maximum absolute atomic E-state index is 3.26. The predicted molar refractivity (Wildman–Crippen MR) is 117 cm³/mol. The normalized spacial score (nSPS) is 19.6. The van der Waals surface area contributed by atoms with Crippen molar-refractivity contribution in [3.05, 3.63) is 82.9 Å². The molecule has 0 saturated heterocycles. The zero-order valence-corrected chi connectivity index (χ0v) is 16.9. The summed E-state index contributed by atoms with van der Waals surface area (Å²) in [5.41, 5.74) is 5.48. The summed E-state index contributed by atoms with van der Waals surface area (Å²) < 4.78 is 0. The minimum atomic E-state index is 0.692. The molecular weight excluding hydrogens is 324 g/mol. The molecule has 3 rings (SSSR count). The Balaban J connectivity index is 1.47. The molecule has 140 valence electrons. The summed E-state index contributed by atoms with van der Waals surface area (Å²) >= 11 is 0. The molecular formula is C27H32. The fourth-order valence-corrected chi connectivity index (χ4v) is 4.02. The average molecular weight is 357 g/mol. The Hall–Kier alpha value is -2.26. The van der Waals surface area contributed by atoms with Gasteiger partial charge >= 0.3 is 0 Å². The molecule has 0 amide bonds. The lowest BCUT2D eigenvalue weighted by atomic mass is 9.78. The summed E-state index contributed by atoms with van der Waals surface area (Å²) in [4.78, 5) is 0. The number of benzene rings is 2. The molecule has 0 aliphatic heterocycles. The summed E-state index contributed by atoms with van der Waals surface area (Å²) in [6.07, 6.45) is 13.0. The smallest absolute Gasteiger partial charge is 0.0249 e. The highest BCUT2D eigenvalue weighted by Crippen LogP contribution is 2.36. The molecule has 0 radical (unpaired) electrons. The summed E-state index contributed by atoms with van der Waals surface area (Å²) in [5.74, 6) is 7.92. The van der Waals surface area contributed by atoms with Crippen LogP contribution < -0.4 is 0 Å². The van der Waals surface area contributed by atoms with Gasteiger partial charge in [-0.2, -0.15) is 0 Å². The van der Waals surface area contributed by atoms with Crippen LogP contribution in [0.2, 0.25) is 0 Å². The second-order valence-electron chi connectivity index (χ2n) is 7.78. The Kier molecular flexibility index (Phi) is 7.35. The molecule has 0 unspecified atom stereocenters. The van der Waals surface area contributed by atoms with Crippen LogP contribution in [-0.4, -0.2) is 0 Å². The highest BCUT2D eigenvalue weighted by atomic mass is 14.2. The van der Waals surface area contributed by atoms with Gasteiger partial charge in [0.15, 0.2) is 0 Å². The van der Waals surface area contributed by atoms with E-state index in [2.05, 4.69) is 86.4 Å². The Labute approximate surface area is 165 Å². The Morgan fingerprint density at radius 1 is 0.852 bits per heavy atom. The first kappa shape index (κ1) is 19.5. The molecule has 1 aliphatic rings. The van der Waals surface area contributed by atoms with Crippen LogP contribution in [0.3, 0.4) is 0 Å². The third kappa shape index (κ3) is 5.86. The second kappa shape index (κ2) is 10.2. The summed E-state index contributed by atoms with van der Waals surface area (Å²) in [6.45, 7) is 4.44. The molecule has 0 bridgehead atoms. The minimum Gasteiger partial charge on any atom is -0.0730 e. The van der Waals surface area contributed by atoms with Gasteiger partial charge in [-0.05, 0) is 85.3 Å². The van der Waals surface area contributed by atoms with E-state index in [1.807, 2.05) is 0 Å². The molecule has 0 nitrogen and oxygen atoms in total. The van der Waals surface area contributed by atoms with Crippen LogP contribution in [0, 0.1) is 17.8 Å². The van der Waals surface area contributed by atoms with Gasteiger partial charge in [0.2, 0.25) is 0 Å². The predicted octanol–water partition coefficient (Wildman–Crippen LogP) is 7.08. The quantitative estimate of drug-likeness (QED) is 0.502. The van der Waals surface area contributed by atoms with Gasteiger partial charge in [-0.15, -0.1) is 0 Å². The Bertz CT molecular complexity index is 773. The van der Waals surface area contributed by atoms with E-state index in [9.17, 15) is 0 Å². The van der Waals surface area contributed by atoms with E-state index < -0.39 is 0 Å². The Morgan fingerprint density at radius 2 is 1.52 bits per heavy atom. The number of aryl methyl sites for hydroxylation is 2. The van der Waals surface area contributed by atoms with Gasteiger partial charge in [0, 0.05) is 5.56 Å². The van der Waals surface area contributed by atoms with Crippen molar-refractivity contribution in [1.29, 1.82) is 0 Å². The van der Waals surface area contributed by atoms with Gasteiger partial charge in [0.1, 0.15) is 0 Å². The van der Waals surface area contributed by atoms with E-state index >= 15 is 0 Å². The van der Waals surface area contributed by atoms with Crippen LogP contribution in [0.5, 0.6) is 0 Å².